The van der Waals surface area contributed by atoms with Crippen molar-refractivity contribution in [2.75, 3.05) is 7.11 Å². The molecule has 0 radical (unpaired) electrons. The molecule has 0 aliphatic rings. The largest absolute Gasteiger partial charge is 0.493 e. The van der Waals surface area contributed by atoms with E-state index in [0.717, 1.165) is 11.1 Å². The first-order valence-corrected chi connectivity index (χ1v) is 8.53. The molecule has 0 atom stereocenters. The molecule has 0 aliphatic carbocycles. The zero-order valence-electron chi connectivity index (χ0n) is 15.5. The van der Waals surface area contributed by atoms with E-state index in [0.29, 0.717) is 23.2 Å². The van der Waals surface area contributed by atoms with Gasteiger partial charge >= 0.3 is 0 Å². The van der Waals surface area contributed by atoms with E-state index in [1.165, 1.54) is 0 Å². The molecule has 0 amide bonds. The van der Waals surface area contributed by atoms with Crippen LogP contribution in [0.1, 0.15) is 25.3 Å². The highest BCUT2D eigenvalue weighted by Crippen LogP contribution is 2.28. The lowest BCUT2D eigenvalue weighted by Gasteiger charge is -2.13. The van der Waals surface area contributed by atoms with Crippen molar-refractivity contribution < 1.29 is 18.8 Å². The minimum atomic E-state index is 0.0666. The van der Waals surface area contributed by atoms with E-state index >= 15 is 0 Å². The lowest BCUT2D eigenvalue weighted by Crippen LogP contribution is -2.06. The van der Waals surface area contributed by atoms with Crippen molar-refractivity contribution >= 4 is 6.21 Å². The maximum atomic E-state index is 5.69. The van der Waals surface area contributed by atoms with E-state index in [4.69, 9.17) is 18.8 Å². The molecule has 27 heavy (non-hydrogen) atoms. The van der Waals surface area contributed by atoms with Gasteiger partial charge in [0.25, 0.3) is 5.89 Å². The summed E-state index contributed by atoms with van der Waals surface area (Å²) in [5, 5.41) is 7.87. The fourth-order valence-electron chi connectivity index (χ4n) is 2.32. The third-order valence-electron chi connectivity index (χ3n) is 3.51. The second-order valence-electron chi connectivity index (χ2n) is 5.96. The maximum Gasteiger partial charge on any atom is 0.267 e. The summed E-state index contributed by atoms with van der Waals surface area (Å²) >= 11 is 0. The zero-order chi connectivity index (χ0) is 19.1. The molecule has 0 saturated carbocycles. The van der Waals surface area contributed by atoms with E-state index in [2.05, 4.69) is 15.3 Å². The number of hydrogen-bond donors (Lipinski definition) is 0. The van der Waals surface area contributed by atoms with E-state index in [-0.39, 0.29) is 12.7 Å². The Labute approximate surface area is 157 Å². The summed E-state index contributed by atoms with van der Waals surface area (Å²) in [5.41, 5.74) is 1.70. The topological polar surface area (TPSA) is 79.0 Å². The van der Waals surface area contributed by atoms with Crippen molar-refractivity contribution in [3.63, 3.8) is 0 Å². The normalized spacial score (nSPS) is 11.1. The number of ether oxygens (including phenoxy) is 2. The van der Waals surface area contributed by atoms with Gasteiger partial charge in [-0.1, -0.05) is 40.6 Å². The molecule has 0 unspecified atom stereocenters. The maximum absolute atomic E-state index is 5.69. The van der Waals surface area contributed by atoms with E-state index in [1.807, 2.05) is 62.4 Å². The third kappa shape index (κ3) is 5.07. The third-order valence-corrected chi connectivity index (χ3v) is 3.51. The minimum absolute atomic E-state index is 0.0666. The second-order valence-corrected chi connectivity index (χ2v) is 5.96. The molecular formula is C20H21N3O4. The van der Waals surface area contributed by atoms with Gasteiger partial charge in [-0.25, -0.2) is 0 Å². The van der Waals surface area contributed by atoms with E-state index < -0.39 is 0 Å². The Bertz CT molecular complexity index is 891. The summed E-state index contributed by atoms with van der Waals surface area (Å²) in [6, 6.07) is 15.1. The Morgan fingerprint density at radius 3 is 2.67 bits per heavy atom. The molecule has 7 nitrogen and oxygen atoms in total. The van der Waals surface area contributed by atoms with Crippen LogP contribution in [0.15, 0.2) is 58.2 Å². The SMILES string of the molecule is COc1cc(/C=N\OCc2nc(-c3ccccc3)no2)ccc1OC(C)C. The Kier molecular flexibility index (Phi) is 6.04. The molecule has 0 bridgehead atoms. The number of rotatable bonds is 8. The summed E-state index contributed by atoms with van der Waals surface area (Å²) in [4.78, 5) is 9.52. The number of methoxy groups -OCH3 is 1. The fraction of sp³-hybridized carbons (Fsp3) is 0.250. The van der Waals surface area contributed by atoms with Crippen molar-refractivity contribution in [1.29, 1.82) is 0 Å². The average molecular weight is 367 g/mol. The molecule has 0 N–H and O–H groups in total. The van der Waals surface area contributed by atoms with Gasteiger partial charge in [0, 0.05) is 11.1 Å². The summed E-state index contributed by atoms with van der Waals surface area (Å²) in [7, 11) is 1.60. The highest BCUT2D eigenvalue weighted by atomic mass is 16.6. The number of benzene rings is 2. The van der Waals surface area contributed by atoms with Gasteiger partial charge in [-0.15, -0.1) is 0 Å². The van der Waals surface area contributed by atoms with Crippen molar-refractivity contribution in [2.45, 2.75) is 26.6 Å². The summed E-state index contributed by atoms with van der Waals surface area (Å²) in [6.45, 7) is 4.01. The minimum Gasteiger partial charge on any atom is -0.493 e. The molecule has 0 fully saturated rings. The quantitative estimate of drug-likeness (QED) is 0.441. The van der Waals surface area contributed by atoms with Crippen LogP contribution in [-0.2, 0) is 11.4 Å². The fourth-order valence-corrected chi connectivity index (χ4v) is 2.32. The molecule has 140 valence electrons. The van der Waals surface area contributed by atoms with Crippen LogP contribution < -0.4 is 9.47 Å². The molecule has 1 aromatic heterocycles. The van der Waals surface area contributed by atoms with Crippen molar-refractivity contribution in [3.8, 4) is 22.9 Å². The van der Waals surface area contributed by atoms with Gasteiger partial charge in [0.1, 0.15) is 0 Å². The van der Waals surface area contributed by atoms with Gasteiger partial charge in [0.2, 0.25) is 5.82 Å². The van der Waals surface area contributed by atoms with Crippen molar-refractivity contribution in [3.05, 3.63) is 60.0 Å². The summed E-state index contributed by atoms with van der Waals surface area (Å²) < 4.78 is 16.2. The Balaban J connectivity index is 1.57. The number of nitrogens with zero attached hydrogens (tertiary/aromatic N) is 3. The molecule has 0 spiro atoms. The van der Waals surface area contributed by atoms with Crippen LogP contribution in [-0.4, -0.2) is 29.6 Å². The smallest absolute Gasteiger partial charge is 0.267 e. The first-order chi connectivity index (χ1) is 13.2. The van der Waals surface area contributed by atoms with Crippen LogP contribution in [0.3, 0.4) is 0 Å². The van der Waals surface area contributed by atoms with Crippen LogP contribution in [0.2, 0.25) is 0 Å². The lowest BCUT2D eigenvalue weighted by atomic mass is 10.2. The second kappa shape index (κ2) is 8.84. The molecule has 3 rings (SSSR count). The number of hydrogen-bond acceptors (Lipinski definition) is 7. The highest BCUT2D eigenvalue weighted by molar-refractivity contribution is 5.80. The lowest BCUT2D eigenvalue weighted by molar-refractivity contribution is 0.107. The Morgan fingerprint density at radius 1 is 1.11 bits per heavy atom. The molecule has 0 aliphatic heterocycles. The predicted octanol–water partition coefficient (Wildman–Crippen LogP) is 4.08. The van der Waals surface area contributed by atoms with Crippen LogP contribution in [0, 0.1) is 0 Å². The first-order valence-electron chi connectivity index (χ1n) is 8.53. The first kappa shape index (κ1) is 18.4. The standard InChI is InChI=1S/C20H21N3O4/c1-14(2)26-17-10-9-15(11-18(17)24-3)12-21-25-13-19-22-20(23-27-19)16-7-5-4-6-8-16/h4-12,14H,13H2,1-3H3/b21-12-. The molecule has 3 aromatic rings. The van der Waals surface area contributed by atoms with Gasteiger partial charge in [-0.2, -0.15) is 4.98 Å². The van der Waals surface area contributed by atoms with Crippen LogP contribution in [0.25, 0.3) is 11.4 Å². The van der Waals surface area contributed by atoms with Gasteiger partial charge in [-0.3, -0.25) is 0 Å². The number of oxime groups is 1. The van der Waals surface area contributed by atoms with Gasteiger partial charge < -0.3 is 18.8 Å². The monoisotopic (exact) mass is 367 g/mol. The Morgan fingerprint density at radius 2 is 1.93 bits per heavy atom. The van der Waals surface area contributed by atoms with Crippen LogP contribution >= 0.6 is 0 Å². The Hall–Kier alpha value is -3.35. The summed E-state index contributed by atoms with van der Waals surface area (Å²) in [6.07, 6.45) is 1.65. The van der Waals surface area contributed by atoms with Gasteiger partial charge in [0.05, 0.1) is 19.4 Å². The van der Waals surface area contributed by atoms with Crippen LogP contribution in [0.5, 0.6) is 11.5 Å². The van der Waals surface area contributed by atoms with Gasteiger partial charge in [-0.05, 0) is 32.0 Å². The van der Waals surface area contributed by atoms with Crippen molar-refractivity contribution in [2.24, 2.45) is 5.16 Å². The molecule has 1 heterocycles. The van der Waals surface area contributed by atoms with Crippen LogP contribution in [0.4, 0.5) is 0 Å². The average Bonchev–Trinajstić information content (AvgIpc) is 3.15. The molecule has 7 heteroatoms. The predicted molar refractivity (Wildman–Crippen MR) is 101 cm³/mol. The van der Waals surface area contributed by atoms with Gasteiger partial charge in [0.15, 0.2) is 18.1 Å². The zero-order valence-corrected chi connectivity index (χ0v) is 15.5. The molecule has 2 aromatic carbocycles. The highest BCUT2D eigenvalue weighted by Gasteiger charge is 2.09. The van der Waals surface area contributed by atoms with E-state index in [9.17, 15) is 0 Å². The summed E-state index contributed by atoms with van der Waals surface area (Å²) in [5.74, 6) is 2.19. The molecule has 0 saturated heterocycles. The number of aromatic nitrogens is 2. The molecular weight excluding hydrogens is 346 g/mol. The van der Waals surface area contributed by atoms with E-state index in [1.54, 1.807) is 13.3 Å². The van der Waals surface area contributed by atoms with Crippen molar-refractivity contribution in [1.82, 2.24) is 10.1 Å².